The van der Waals surface area contributed by atoms with Crippen LogP contribution >= 0.6 is 34.5 Å². The maximum Gasteiger partial charge on any atom is 0.422 e. The molecule has 18 heteroatoms. The Morgan fingerprint density at radius 2 is 1.50 bits per heavy atom. The highest BCUT2D eigenvalue weighted by Crippen LogP contribution is 2.34. The summed E-state index contributed by atoms with van der Waals surface area (Å²) >= 11 is 11.6. The molecule has 1 saturated heterocycles. The van der Waals surface area contributed by atoms with Crippen molar-refractivity contribution < 1.29 is 40.4 Å². The van der Waals surface area contributed by atoms with Gasteiger partial charge in [0.2, 0.25) is 5.88 Å². The number of rotatable bonds is 18. The van der Waals surface area contributed by atoms with E-state index in [1.165, 1.54) is 44.1 Å². The van der Waals surface area contributed by atoms with E-state index in [0.29, 0.717) is 61.4 Å². The number of piperazine rings is 1. The summed E-state index contributed by atoms with van der Waals surface area (Å²) in [5.74, 6) is 1.36. The Hall–Kier alpha value is -3.90. The molecule has 0 radical (unpaired) electrons. The molecular formula is C42H50Cl2F3N5O6S2. The van der Waals surface area contributed by atoms with E-state index >= 15 is 0 Å². The number of aromatic nitrogens is 2. The zero-order valence-corrected chi connectivity index (χ0v) is 36.4. The van der Waals surface area contributed by atoms with E-state index < -0.39 is 22.9 Å². The molecule has 1 amide bonds. The van der Waals surface area contributed by atoms with Crippen molar-refractivity contribution in [3.63, 3.8) is 0 Å². The van der Waals surface area contributed by atoms with Crippen molar-refractivity contribution in [2.45, 2.75) is 74.7 Å². The van der Waals surface area contributed by atoms with Crippen LogP contribution in [-0.4, -0.2) is 83.7 Å². The van der Waals surface area contributed by atoms with Gasteiger partial charge in [-0.25, -0.2) is 4.98 Å². The molecule has 2 aromatic carbocycles. The molecule has 0 aliphatic carbocycles. The predicted molar refractivity (Wildman–Crippen MR) is 230 cm³/mol. The van der Waals surface area contributed by atoms with Gasteiger partial charge in [0.1, 0.15) is 25.7 Å². The Labute approximate surface area is 362 Å². The Balaban J connectivity index is 0.000000538. The van der Waals surface area contributed by atoms with Crippen molar-refractivity contribution in [3.05, 3.63) is 99.1 Å². The lowest BCUT2D eigenvalue weighted by molar-refractivity contribution is -0.153. The van der Waals surface area contributed by atoms with Gasteiger partial charge >= 0.3 is 16.3 Å². The second kappa shape index (κ2) is 22.3. The van der Waals surface area contributed by atoms with Gasteiger partial charge in [-0.05, 0) is 73.3 Å². The molecule has 4 heterocycles. The minimum Gasteiger partial charge on any atom is -0.484 e. The summed E-state index contributed by atoms with van der Waals surface area (Å²) in [6.45, 7) is 2.69. The van der Waals surface area contributed by atoms with E-state index in [2.05, 4.69) is 16.0 Å². The highest BCUT2D eigenvalue weighted by molar-refractivity contribution is 7.88. The van der Waals surface area contributed by atoms with Gasteiger partial charge in [-0.15, -0.1) is 11.3 Å². The standard InChI is InChI=1S/C38H48F3N5O3.C4H2Cl2O3S2/c1-44-34-25-33(49-36-18-13-29(26-43-36)10-8-6-4-2-3-5-7-9-19-42)17-14-31(34)24-35(44)37(47)46-22-20-45(21-23-46)27-30-11-15-32(16-12-30)48-28-38(39,40)41;5-2-1-3(10-4(2)6)11(7,8)9/h11-18,24-26H,2-10,19-23,27-28,42H2,1H3;1H,(H,7,8,9). The second-order valence-corrected chi connectivity index (χ2v) is 18.3. The van der Waals surface area contributed by atoms with Gasteiger partial charge < -0.3 is 24.7 Å². The normalized spacial score (nSPS) is 13.6. The zero-order valence-electron chi connectivity index (χ0n) is 33.3. The maximum absolute atomic E-state index is 13.6. The molecule has 0 saturated carbocycles. The minimum absolute atomic E-state index is 0.0215. The van der Waals surface area contributed by atoms with Gasteiger partial charge in [-0.3, -0.25) is 14.2 Å². The Morgan fingerprint density at radius 1 is 0.867 bits per heavy atom. The van der Waals surface area contributed by atoms with Crippen LogP contribution in [0.2, 0.25) is 9.36 Å². The second-order valence-electron chi connectivity index (χ2n) is 14.6. The van der Waals surface area contributed by atoms with Gasteiger partial charge in [-0.1, -0.05) is 79.9 Å². The highest BCUT2D eigenvalue weighted by atomic mass is 35.5. The number of nitrogens with zero attached hydrogens (tertiary/aromatic N) is 4. The van der Waals surface area contributed by atoms with Crippen molar-refractivity contribution in [1.29, 1.82) is 0 Å². The van der Waals surface area contributed by atoms with E-state index in [1.54, 1.807) is 24.3 Å². The van der Waals surface area contributed by atoms with Crippen LogP contribution in [0.5, 0.6) is 17.4 Å². The predicted octanol–water partition coefficient (Wildman–Crippen LogP) is 10.2. The number of carbonyl (C=O) groups is 1. The lowest BCUT2D eigenvalue weighted by Crippen LogP contribution is -2.48. The van der Waals surface area contributed by atoms with Crippen molar-refractivity contribution in [1.82, 2.24) is 19.4 Å². The van der Waals surface area contributed by atoms with Gasteiger partial charge in [0.05, 0.1) is 10.5 Å². The first-order valence-corrected chi connectivity index (χ1v) is 22.8. The third-order valence-corrected chi connectivity index (χ3v) is 13.1. The fourth-order valence-corrected chi connectivity index (χ4v) is 8.94. The van der Waals surface area contributed by atoms with Crippen LogP contribution in [0.15, 0.2) is 77.1 Å². The molecule has 6 rings (SSSR count). The van der Waals surface area contributed by atoms with E-state index in [9.17, 15) is 26.4 Å². The Kier molecular flexibility index (Phi) is 17.5. The fourth-order valence-electron chi connectivity index (χ4n) is 6.69. The maximum atomic E-state index is 13.6. The molecule has 0 atom stereocenters. The summed E-state index contributed by atoms with van der Waals surface area (Å²) in [4.78, 5) is 22.2. The quantitative estimate of drug-likeness (QED) is 0.0649. The SMILES string of the molecule is Cn1c(C(=O)N2CCN(Cc3ccc(OCC(F)(F)F)cc3)CC2)cc2ccc(Oc3ccc(CCCCCCCCCCN)cn3)cc21.O=S(=O)(O)c1cc(Cl)c(Cl)s1. The van der Waals surface area contributed by atoms with Crippen LogP contribution in [0.4, 0.5) is 13.2 Å². The van der Waals surface area contributed by atoms with Crippen LogP contribution in [0.3, 0.4) is 0 Å². The first-order chi connectivity index (χ1) is 28.6. The Bertz CT molecular complexity index is 2230. The van der Waals surface area contributed by atoms with Crippen LogP contribution in [0.25, 0.3) is 10.9 Å². The number of ether oxygens (including phenoxy) is 2. The van der Waals surface area contributed by atoms with Crippen molar-refractivity contribution in [2.75, 3.05) is 39.3 Å². The topological polar surface area (TPSA) is 140 Å². The van der Waals surface area contributed by atoms with Crippen LogP contribution in [0, 0.1) is 0 Å². The van der Waals surface area contributed by atoms with Gasteiger partial charge in [0, 0.05) is 63.5 Å². The number of pyridine rings is 1. The number of alkyl halides is 3. The zero-order chi connectivity index (χ0) is 43.3. The molecule has 0 unspecified atom stereocenters. The number of hydrogen-bond donors (Lipinski definition) is 2. The van der Waals surface area contributed by atoms with Gasteiger partial charge in [0.15, 0.2) is 6.61 Å². The molecule has 1 fully saturated rings. The van der Waals surface area contributed by atoms with E-state index in [-0.39, 0.29) is 25.2 Å². The molecule has 1 aliphatic heterocycles. The smallest absolute Gasteiger partial charge is 0.422 e. The molecule has 11 nitrogen and oxygen atoms in total. The van der Waals surface area contributed by atoms with E-state index in [0.717, 1.165) is 48.3 Å². The fraction of sp³-hybridized carbons (Fsp3) is 0.429. The molecule has 60 heavy (non-hydrogen) atoms. The minimum atomic E-state index is -4.37. The molecule has 5 aromatic rings. The lowest BCUT2D eigenvalue weighted by atomic mass is 10.1. The third kappa shape index (κ3) is 14.6. The number of unbranched alkanes of at least 4 members (excludes halogenated alkanes) is 7. The first kappa shape index (κ1) is 47.2. The average molecular weight is 913 g/mol. The van der Waals surface area contributed by atoms with Crippen LogP contribution in [-0.2, 0) is 30.1 Å². The summed E-state index contributed by atoms with van der Waals surface area (Å²) < 4.78 is 79.3. The lowest BCUT2D eigenvalue weighted by Gasteiger charge is -2.34. The van der Waals surface area contributed by atoms with Crippen molar-refractivity contribution in [2.24, 2.45) is 12.8 Å². The summed E-state index contributed by atoms with van der Waals surface area (Å²) in [5, 5.41) is 1.09. The van der Waals surface area contributed by atoms with Crippen molar-refractivity contribution >= 4 is 61.5 Å². The molecule has 3 N–H and O–H groups in total. The molecule has 326 valence electrons. The molecule has 0 bridgehead atoms. The number of fused-ring (bicyclic) bond motifs is 1. The molecule has 3 aromatic heterocycles. The number of nitrogens with two attached hydrogens (primary N) is 1. The molecule has 0 spiro atoms. The average Bonchev–Trinajstić information content (AvgIpc) is 3.74. The summed E-state index contributed by atoms with van der Waals surface area (Å²) in [6.07, 6.45) is 8.49. The first-order valence-electron chi connectivity index (χ1n) is 19.7. The molecule has 1 aliphatic rings. The number of amides is 1. The van der Waals surface area contributed by atoms with Crippen LogP contribution < -0.4 is 15.2 Å². The number of carbonyl (C=O) groups excluding carboxylic acids is 1. The van der Waals surface area contributed by atoms with E-state index in [1.807, 2.05) is 53.0 Å². The summed E-state index contributed by atoms with van der Waals surface area (Å²) in [6, 6.07) is 19.5. The number of benzene rings is 2. The van der Waals surface area contributed by atoms with Gasteiger partial charge in [0.25, 0.3) is 5.91 Å². The summed E-state index contributed by atoms with van der Waals surface area (Å²) in [5.41, 5.74) is 9.26. The van der Waals surface area contributed by atoms with E-state index in [4.69, 9.17) is 43.0 Å². The number of halogens is 5. The van der Waals surface area contributed by atoms with Crippen molar-refractivity contribution in [3.8, 4) is 17.4 Å². The highest BCUT2D eigenvalue weighted by Gasteiger charge is 2.28. The molecular weight excluding hydrogens is 863 g/mol. The number of aryl methyl sites for hydroxylation is 2. The summed E-state index contributed by atoms with van der Waals surface area (Å²) in [7, 11) is -2.26. The number of hydrogen-bond acceptors (Lipinski definition) is 9. The number of thiophene rings is 1. The third-order valence-electron chi connectivity index (χ3n) is 9.94. The largest absolute Gasteiger partial charge is 0.484 e. The Morgan fingerprint density at radius 3 is 2.07 bits per heavy atom. The monoisotopic (exact) mass is 911 g/mol. The van der Waals surface area contributed by atoms with Crippen LogP contribution in [0.1, 0.15) is 73.0 Å². The van der Waals surface area contributed by atoms with Gasteiger partial charge in [-0.2, -0.15) is 21.6 Å².